The van der Waals surface area contributed by atoms with Crippen LogP contribution in [-0.2, 0) is 6.54 Å². The van der Waals surface area contributed by atoms with Gasteiger partial charge in [-0.25, -0.2) is 0 Å². The van der Waals surface area contributed by atoms with Crippen LogP contribution in [0.2, 0.25) is 0 Å². The molecule has 118 valence electrons. The van der Waals surface area contributed by atoms with Crippen LogP contribution in [-0.4, -0.2) is 17.8 Å². The van der Waals surface area contributed by atoms with Gasteiger partial charge >= 0.3 is 0 Å². The summed E-state index contributed by atoms with van der Waals surface area (Å²) in [4.78, 5) is 0. The van der Waals surface area contributed by atoms with Gasteiger partial charge in [-0.2, -0.15) is 0 Å². The maximum atomic E-state index is 9.75. The number of rotatable bonds is 6. The van der Waals surface area contributed by atoms with Crippen molar-refractivity contribution in [3.8, 4) is 11.5 Å². The molecule has 1 aliphatic rings. The summed E-state index contributed by atoms with van der Waals surface area (Å²) in [5.74, 6) is 2.32. The van der Waals surface area contributed by atoms with E-state index in [1.165, 1.54) is 31.2 Å². The van der Waals surface area contributed by atoms with Crippen LogP contribution in [0.4, 0.5) is 0 Å². The number of aromatic hydroxyl groups is 1. The van der Waals surface area contributed by atoms with E-state index in [1.807, 2.05) is 19.1 Å². The molecule has 0 bridgehead atoms. The van der Waals surface area contributed by atoms with E-state index >= 15 is 0 Å². The van der Waals surface area contributed by atoms with Crippen LogP contribution in [0.1, 0.15) is 52.0 Å². The number of benzene rings is 1. The van der Waals surface area contributed by atoms with Gasteiger partial charge in [0.15, 0.2) is 11.5 Å². The zero-order chi connectivity index (χ0) is 15.2. The van der Waals surface area contributed by atoms with E-state index in [9.17, 15) is 5.11 Å². The Bertz CT molecular complexity index is 445. The van der Waals surface area contributed by atoms with Crippen molar-refractivity contribution in [3.63, 3.8) is 0 Å². The summed E-state index contributed by atoms with van der Waals surface area (Å²) in [5.41, 5.74) is 1.17. The SMILES string of the molecule is CCOc1cc(CNC2CCCCC2C(C)C)ccc1O. The Balaban J connectivity index is 1.96. The number of phenolic OH excluding ortho intramolecular Hbond substituents is 1. The molecule has 0 aliphatic heterocycles. The Labute approximate surface area is 128 Å². The zero-order valence-corrected chi connectivity index (χ0v) is 13.6. The topological polar surface area (TPSA) is 41.5 Å². The first-order valence-electron chi connectivity index (χ1n) is 8.30. The lowest BCUT2D eigenvalue weighted by atomic mass is 9.78. The first-order chi connectivity index (χ1) is 10.1. The molecule has 0 heterocycles. The van der Waals surface area contributed by atoms with E-state index in [2.05, 4.69) is 19.2 Å². The van der Waals surface area contributed by atoms with E-state index < -0.39 is 0 Å². The normalized spacial score (nSPS) is 22.5. The average molecular weight is 291 g/mol. The van der Waals surface area contributed by atoms with E-state index in [4.69, 9.17) is 4.74 Å². The fourth-order valence-corrected chi connectivity index (χ4v) is 3.40. The molecular weight excluding hydrogens is 262 g/mol. The molecule has 1 aromatic rings. The van der Waals surface area contributed by atoms with Crippen LogP contribution in [0.3, 0.4) is 0 Å². The molecule has 3 nitrogen and oxygen atoms in total. The minimum atomic E-state index is 0.221. The molecular formula is C18H29NO2. The van der Waals surface area contributed by atoms with Crippen molar-refractivity contribution in [1.82, 2.24) is 5.32 Å². The van der Waals surface area contributed by atoms with Gasteiger partial charge in [-0.15, -0.1) is 0 Å². The Morgan fingerprint density at radius 2 is 2.05 bits per heavy atom. The third-order valence-electron chi connectivity index (χ3n) is 4.57. The van der Waals surface area contributed by atoms with Gasteiger partial charge < -0.3 is 15.2 Å². The third-order valence-corrected chi connectivity index (χ3v) is 4.57. The Kier molecular flexibility index (Phi) is 5.92. The zero-order valence-electron chi connectivity index (χ0n) is 13.6. The van der Waals surface area contributed by atoms with Gasteiger partial charge in [0.05, 0.1) is 6.61 Å². The summed E-state index contributed by atoms with van der Waals surface area (Å²) >= 11 is 0. The largest absolute Gasteiger partial charge is 0.504 e. The Hall–Kier alpha value is -1.22. The lowest BCUT2D eigenvalue weighted by Crippen LogP contribution is -2.40. The average Bonchev–Trinajstić information content (AvgIpc) is 2.48. The monoisotopic (exact) mass is 291 g/mol. The van der Waals surface area contributed by atoms with Crippen molar-refractivity contribution in [2.45, 2.75) is 59.0 Å². The Morgan fingerprint density at radius 3 is 2.76 bits per heavy atom. The summed E-state index contributed by atoms with van der Waals surface area (Å²) in [6, 6.07) is 6.25. The van der Waals surface area contributed by atoms with Gasteiger partial charge in [0, 0.05) is 12.6 Å². The van der Waals surface area contributed by atoms with Crippen molar-refractivity contribution < 1.29 is 9.84 Å². The van der Waals surface area contributed by atoms with Crippen molar-refractivity contribution in [1.29, 1.82) is 0 Å². The summed E-state index contributed by atoms with van der Waals surface area (Å²) in [7, 11) is 0. The number of phenols is 1. The molecule has 2 atom stereocenters. The highest BCUT2D eigenvalue weighted by atomic mass is 16.5. The molecule has 0 spiro atoms. The van der Waals surface area contributed by atoms with Crippen LogP contribution >= 0.6 is 0 Å². The van der Waals surface area contributed by atoms with Crippen LogP contribution in [0.25, 0.3) is 0 Å². The summed E-state index contributed by atoms with van der Waals surface area (Å²) in [5, 5.41) is 13.5. The minimum absolute atomic E-state index is 0.221. The van der Waals surface area contributed by atoms with Crippen LogP contribution < -0.4 is 10.1 Å². The Morgan fingerprint density at radius 1 is 1.29 bits per heavy atom. The van der Waals surface area contributed by atoms with Gasteiger partial charge in [-0.3, -0.25) is 0 Å². The maximum Gasteiger partial charge on any atom is 0.161 e. The predicted molar refractivity (Wildman–Crippen MR) is 86.7 cm³/mol. The van der Waals surface area contributed by atoms with Crippen molar-refractivity contribution in [2.24, 2.45) is 11.8 Å². The molecule has 0 saturated heterocycles. The molecule has 0 aromatic heterocycles. The molecule has 0 amide bonds. The maximum absolute atomic E-state index is 9.75. The molecule has 21 heavy (non-hydrogen) atoms. The number of hydrogen-bond donors (Lipinski definition) is 2. The molecule has 1 fully saturated rings. The summed E-state index contributed by atoms with van der Waals surface area (Å²) in [6.07, 6.45) is 5.32. The second kappa shape index (κ2) is 7.69. The van der Waals surface area contributed by atoms with E-state index in [-0.39, 0.29) is 5.75 Å². The first-order valence-corrected chi connectivity index (χ1v) is 8.30. The fourth-order valence-electron chi connectivity index (χ4n) is 3.40. The molecule has 0 radical (unpaired) electrons. The molecule has 1 aliphatic carbocycles. The van der Waals surface area contributed by atoms with Crippen LogP contribution in [0.15, 0.2) is 18.2 Å². The second-order valence-electron chi connectivity index (χ2n) is 6.41. The molecule has 1 saturated carbocycles. The van der Waals surface area contributed by atoms with E-state index in [0.29, 0.717) is 18.4 Å². The molecule has 1 aromatic carbocycles. The van der Waals surface area contributed by atoms with E-state index in [0.717, 1.165) is 18.4 Å². The van der Waals surface area contributed by atoms with E-state index in [1.54, 1.807) is 6.07 Å². The lowest BCUT2D eigenvalue weighted by Gasteiger charge is -2.35. The predicted octanol–water partition coefficient (Wildman–Crippen LogP) is 4.10. The third kappa shape index (κ3) is 4.37. The highest BCUT2D eigenvalue weighted by Gasteiger charge is 2.26. The summed E-state index contributed by atoms with van der Waals surface area (Å²) in [6.45, 7) is 8.01. The quantitative estimate of drug-likeness (QED) is 0.829. The highest BCUT2D eigenvalue weighted by molar-refractivity contribution is 5.41. The minimum Gasteiger partial charge on any atom is -0.504 e. The fraction of sp³-hybridized carbons (Fsp3) is 0.667. The molecule has 2 rings (SSSR count). The molecule has 2 unspecified atom stereocenters. The van der Waals surface area contributed by atoms with Crippen molar-refractivity contribution in [3.05, 3.63) is 23.8 Å². The standard InChI is InChI=1S/C18H29NO2/c1-4-21-18-11-14(9-10-17(18)20)12-19-16-8-6-5-7-15(16)13(2)3/h9-11,13,15-16,19-20H,4-8,12H2,1-3H3. The van der Waals surface area contributed by atoms with Gasteiger partial charge in [0.2, 0.25) is 0 Å². The van der Waals surface area contributed by atoms with Crippen LogP contribution in [0, 0.1) is 11.8 Å². The van der Waals surface area contributed by atoms with Gasteiger partial charge in [0.25, 0.3) is 0 Å². The van der Waals surface area contributed by atoms with Gasteiger partial charge in [0.1, 0.15) is 0 Å². The van der Waals surface area contributed by atoms with Crippen molar-refractivity contribution in [2.75, 3.05) is 6.61 Å². The molecule has 3 heteroatoms. The highest BCUT2D eigenvalue weighted by Crippen LogP contribution is 2.31. The van der Waals surface area contributed by atoms with Gasteiger partial charge in [-0.05, 0) is 49.3 Å². The van der Waals surface area contributed by atoms with Crippen LogP contribution in [0.5, 0.6) is 11.5 Å². The van der Waals surface area contributed by atoms with Gasteiger partial charge in [-0.1, -0.05) is 32.8 Å². The summed E-state index contributed by atoms with van der Waals surface area (Å²) < 4.78 is 5.45. The number of nitrogens with one attached hydrogen (secondary N) is 1. The molecule has 2 N–H and O–H groups in total. The lowest BCUT2D eigenvalue weighted by molar-refractivity contribution is 0.204. The smallest absolute Gasteiger partial charge is 0.161 e. The van der Waals surface area contributed by atoms with Crippen molar-refractivity contribution >= 4 is 0 Å². The number of hydrogen-bond acceptors (Lipinski definition) is 3. The second-order valence-corrected chi connectivity index (χ2v) is 6.41. The number of ether oxygens (including phenoxy) is 1. The first kappa shape index (κ1) is 16.2.